The molecule has 1 aromatic heterocycles. The molecule has 6 heteroatoms. The fourth-order valence-electron chi connectivity index (χ4n) is 3.63. The van der Waals surface area contributed by atoms with Gasteiger partial charge in [-0.15, -0.1) is 0 Å². The summed E-state index contributed by atoms with van der Waals surface area (Å²) in [5.41, 5.74) is 4.93. The molecule has 2 heterocycles. The van der Waals surface area contributed by atoms with Crippen molar-refractivity contribution >= 4 is 5.91 Å². The molecule has 0 bridgehead atoms. The maximum atomic E-state index is 12.5. The molecule has 1 aliphatic heterocycles. The number of amides is 1. The molecular formula is C22H24N4O2. The molecular weight excluding hydrogens is 352 g/mol. The van der Waals surface area contributed by atoms with Crippen molar-refractivity contribution in [1.82, 2.24) is 20.4 Å². The van der Waals surface area contributed by atoms with Gasteiger partial charge < -0.3 is 10.4 Å². The van der Waals surface area contributed by atoms with Crippen LogP contribution in [0.15, 0.2) is 60.8 Å². The first-order valence-electron chi connectivity index (χ1n) is 9.54. The molecule has 0 saturated carbocycles. The quantitative estimate of drug-likeness (QED) is 0.616. The maximum Gasteiger partial charge on any atom is 0.251 e. The number of aromatic amines is 1. The molecule has 0 spiro atoms. The number of hydrogen-bond acceptors (Lipinski definition) is 4. The van der Waals surface area contributed by atoms with Crippen LogP contribution in [0.3, 0.4) is 0 Å². The average Bonchev–Trinajstić information content (AvgIpc) is 3.27. The van der Waals surface area contributed by atoms with E-state index in [1.54, 1.807) is 18.3 Å². The van der Waals surface area contributed by atoms with Crippen molar-refractivity contribution in [2.45, 2.75) is 19.1 Å². The number of β-amino-alcohol motifs (C(OH)–C–C–N with tert-alkyl or cyclic N) is 1. The normalized spacial score (nSPS) is 15.0. The van der Waals surface area contributed by atoms with Gasteiger partial charge in [0, 0.05) is 43.5 Å². The zero-order valence-corrected chi connectivity index (χ0v) is 15.6. The molecule has 6 nitrogen and oxygen atoms in total. The van der Waals surface area contributed by atoms with Gasteiger partial charge in [0.2, 0.25) is 0 Å². The van der Waals surface area contributed by atoms with Gasteiger partial charge in [0.1, 0.15) is 0 Å². The SMILES string of the molecule is O=C(NCC(O)CN1CCc2ccccc2C1)c1cccc(-c2cc[nH]n2)c1. The van der Waals surface area contributed by atoms with Crippen molar-refractivity contribution in [2.75, 3.05) is 19.6 Å². The zero-order valence-electron chi connectivity index (χ0n) is 15.6. The number of benzene rings is 2. The first kappa shape index (κ1) is 18.4. The molecule has 1 unspecified atom stereocenters. The highest BCUT2D eigenvalue weighted by Gasteiger charge is 2.19. The first-order chi connectivity index (χ1) is 13.7. The van der Waals surface area contributed by atoms with Crippen LogP contribution in [-0.4, -0.2) is 51.8 Å². The van der Waals surface area contributed by atoms with Gasteiger partial charge in [-0.3, -0.25) is 14.8 Å². The van der Waals surface area contributed by atoms with Crippen molar-refractivity contribution < 1.29 is 9.90 Å². The van der Waals surface area contributed by atoms with E-state index < -0.39 is 6.10 Å². The van der Waals surface area contributed by atoms with Crippen molar-refractivity contribution in [3.8, 4) is 11.3 Å². The smallest absolute Gasteiger partial charge is 0.251 e. The molecule has 1 atom stereocenters. The molecule has 2 aromatic carbocycles. The third-order valence-corrected chi connectivity index (χ3v) is 5.10. The Hall–Kier alpha value is -2.96. The summed E-state index contributed by atoms with van der Waals surface area (Å²) in [6, 6.07) is 17.6. The van der Waals surface area contributed by atoms with E-state index in [-0.39, 0.29) is 12.5 Å². The number of aliphatic hydroxyl groups excluding tert-OH is 1. The standard InChI is InChI=1S/C22H24N4O2/c27-20(15-26-11-9-16-4-1-2-5-19(16)14-26)13-23-22(28)18-7-3-6-17(12-18)21-8-10-24-25-21/h1-8,10,12,20,27H,9,11,13-15H2,(H,23,28)(H,24,25). The minimum absolute atomic E-state index is 0.194. The molecule has 3 aromatic rings. The fraction of sp³-hybridized carbons (Fsp3) is 0.273. The first-order valence-corrected chi connectivity index (χ1v) is 9.54. The second-order valence-electron chi connectivity index (χ2n) is 7.16. The average molecular weight is 376 g/mol. The van der Waals surface area contributed by atoms with Gasteiger partial charge in [0.25, 0.3) is 5.91 Å². The van der Waals surface area contributed by atoms with E-state index in [1.165, 1.54) is 11.1 Å². The van der Waals surface area contributed by atoms with Crippen molar-refractivity contribution in [1.29, 1.82) is 0 Å². The monoisotopic (exact) mass is 376 g/mol. The van der Waals surface area contributed by atoms with Crippen LogP contribution in [0.2, 0.25) is 0 Å². The summed E-state index contributed by atoms with van der Waals surface area (Å²) in [6.07, 6.45) is 2.14. The van der Waals surface area contributed by atoms with E-state index in [9.17, 15) is 9.90 Å². The lowest BCUT2D eigenvalue weighted by atomic mass is 10.00. The predicted octanol–water partition coefficient (Wildman–Crippen LogP) is 2.23. The van der Waals surface area contributed by atoms with Crippen LogP contribution in [0.25, 0.3) is 11.3 Å². The Labute approximate surface area is 164 Å². The van der Waals surface area contributed by atoms with E-state index in [2.05, 4.69) is 44.7 Å². The summed E-state index contributed by atoms with van der Waals surface area (Å²) in [5, 5.41) is 20.1. The largest absolute Gasteiger partial charge is 0.390 e. The molecule has 3 N–H and O–H groups in total. The second kappa shape index (κ2) is 8.37. The van der Waals surface area contributed by atoms with Crippen LogP contribution in [0.5, 0.6) is 0 Å². The van der Waals surface area contributed by atoms with E-state index in [1.807, 2.05) is 18.2 Å². The van der Waals surface area contributed by atoms with E-state index in [0.29, 0.717) is 12.1 Å². The van der Waals surface area contributed by atoms with Crippen LogP contribution in [0, 0.1) is 0 Å². The Bertz CT molecular complexity index is 939. The molecule has 28 heavy (non-hydrogen) atoms. The number of carbonyl (C=O) groups excluding carboxylic acids is 1. The van der Waals surface area contributed by atoms with Gasteiger partial charge in [-0.1, -0.05) is 36.4 Å². The highest BCUT2D eigenvalue weighted by Crippen LogP contribution is 2.19. The van der Waals surface area contributed by atoms with Crippen molar-refractivity contribution in [3.05, 3.63) is 77.5 Å². The Kier molecular flexibility index (Phi) is 5.50. The van der Waals surface area contributed by atoms with Crippen LogP contribution in [0.1, 0.15) is 21.5 Å². The molecule has 0 fully saturated rings. The second-order valence-corrected chi connectivity index (χ2v) is 7.16. The Morgan fingerprint density at radius 2 is 2.04 bits per heavy atom. The summed E-state index contributed by atoms with van der Waals surface area (Å²) >= 11 is 0. The highest BCUT2D eigenvalue weighted by molar-refractivity contribution is 5.95. The van der Waals surface area contributed by atoms with Crippen LogP contribution in [0.4, 0.5) is 0 Å². The molecule has 4 rings (SSSR count). The van der Waals surface area contributed by atoms with Crippen molar-refractivity contribution in [2.24, 2.45) is 0 Å². The van der Waals surface area contributed by atoms with Gasteiger partial charge >= 0.3 is 0 Å². The Morgan fingerprint density at radius 1 is 1.18 bits per heavy atom. The lowest BCUT2D eigenvalue weighted by Gasteiger charge is -2.30. The third-order valence-electron chi connectivity index (χ3n) is 5.10. The highest BCUT2D eigenvalue weighted by atomic mass is 16.3. The molecule has 0 aliphatic carbocycles. The number of aliphatic hydroxyl groups is 1. The maximum absolute atomic E-state index is 12.5. The van der Waals surface area contributed by atoms with Crippen LogP contribution in [-0.2, 0) is 13.0 Å². The number of nitrogens with one attached hydrogen (secondary N) is 2. The predicted molar refractivity (Wildman–Crippen MR) is 108 cm³/mol. The number of rotatable bonds is 6. The molecule has 1 aliphatic rings. The summed E-state index contributed by atoms with van der Waals surface area (Å²) in [4.78, 5) is 14.7. The van der Waals surface area contributed by atoms with Gasteiger partial charge in [-0.25, -0.2) is 0 Å². The van der Waals surface area contributed by atoms with Crippen LogP contribution < -0.4 is 5.32 Å². The molecule has 144 valence electrons. The number of nitrogens with zero attached hydrogens (tertiary/aromatic N) is 2. The van der Waals surface area contributed by atoms with Gasteiger partial charge in [-0.05, 0) is 35.7 Å². The fourth-order valence-corrected chi connectivity index (χ4v) is 3.63. The Balaban J connectivity index is 1.30. The third kappa shape index (κ3) is 4.30. The lowest BCUT2D eigenvalue weighted by Crippen LogP contribution is -2.42. The zero-order chi connectivity index (χ0) is 19.3. The number of fused-ring (bicyclic) bond motifs is 1. The summed E-state index contributed by atoms with van der Waals surface area (Å²) in [7, 11) is 0. The number of hydrogen-bond donors (Lipinski definition) is 3. The molecule has 0 radical (unpaired) electrons. The van der Waals surface area contributed by atoms with Crippen LogP contribution >= 0.6 is 0 Å². The lowest BCUT2D eigenvalue weighted by molar-refractivity contribution is 0.0842. The van der Waals surface area contributed by atoms with Gasteiger partial charge in [-0.2, -0.15) is 5.10 Å². The van der Waals surface area contributed by atoms with Gasteiger partial charge in [0.15, 0.2) is 0 Å². The minimum Gasteiger partial charge on any atom is -0.390 e. The number of carbonyl (C=O) groups is 1. The van der Waals surface area contributed by atoms with E-state index in [0.717, 1.165) is 30.8 Å². The Morgan fingerprint density at radius 3 is 2.86 bits per heavy atom. The number of aromatic nitrogens is 2. The van der Waals surface area contributed by atoms with E-state index in [4.69, 9.17) is 0 Å². The molecule has 1 amide bonds. The van der Waals surface area contributed by atoms with E-state index >= 15 is 0 Å². The topological polar surface area (TPSA) is 81.2 Å². The minimum atomic E-state index is -0.608. The molecule has 0 saturated heterocycles. The van der Waals surface area contributed by atoms with Crippen molar-refractivity contribution in [3.63, 3.8) is 0 Å². The summed E-state index contributed by atoms with van der Waals surface area (Å²) in [5.74, 6) is -0.194. The number of H-pyrrole nitrogens is 1. The van der Waals surface area contributed by atoms with Gasteiger partial charge in [0.05, 0.1) is 11.8 Å². The summed E-state index contributed by atoms with van der Waals surface area (Å²) < 4.78 is 0. The summed E-state index contributed by atoms with van der Waals surface area (Å²) in [6.45, 7) is 2.53.